The van der Waals surface area contributed by atoms with Gasteiger partial charge in [-0.1, -0.05) is 37.3 Å². The first-order chi connectivity index (χ1) is 11.3. The molecule has 2 heterocycles. The van der Waals surface area contributed by atoms with E-state index in [1.54, 1.807) is 4.68 Å². The first kappa shape index (κ1) is 17.9. The van der Waals surface area contributed by atoms with Gasteiger partial charge in [0.05, 0.1) is 0 Å². The molecule has 0 aliphatic heterocycles. The van der Waals surface area contributed by atoms with Gasteiger partial charge in [-0.05, 0) is 51.2 Å². The van der Waals surface area contributed by atoms with Crippen molar-refractivity contribution in [2.75, 3.05) is 6.61 Å². The molecule has 0 saturated heterocycles. The van der Waals surface area contributed by atoms with E-state index in [0.717, 1.165) is 40.4 Å². The Hall–Kier alpha value is -0.953. The number of ether oxygens (including phenoxy) is 1. The number of nitrogens with zero attached hydrogens (tertiary/aromatic N) is 3. The number of fused-ring (bicyclic) bond motifs is 1. The Bertz CT molecular complexity index is 783. The van der Waals surface area contributed by atoms with Gasteiger partial charge in [0.25, 0.3) is 0 Å². The Kier molecular flexibility index (Phi) is 5.29. The van der Waals surface area contributed by atoms with Crippen LogP contribution in [0.5, 0.6) is 0 Å². The van der Waals surface area contributed by atoms with Crippen LogP contribution in [0.2, 0.25) is 30.8 Å². The van der Waals surface area contributed by atoms with Crippen LogP contribution in [-0.2, 0) is 17.9 Å². The fourth-order valence-corrected chi connectivity index (χ4v) is 3.97. The number of aromatic nitrogens is 3. The molecule has 0 aromatic carbocycles. The van der Waals surface area contributed by atoms with Crippen molar-refractivity contribution in [1.29, 1.82) is 0 Å². The minimum Gasteiger partial charge on any atom is -0.360 e. The molecule has 24 heavy (non-hydrogen) atoms. The number of halogens is 2. The van der Waals surface area contributed by atoms with Crippen LogP contribution in [-0.4, -0.2) is 29.4 Å². The average Bonchev–Trinajstić information content (AvgIpc) is 3.05. The quantitative estimate of drug-likeness (QED) is 0.371. The molecule has 0 fully saturated rings. The van der Waals surface area contributed by atoms with E-state index in [-0.39, 0.29) is 0 Å². The Morgan fingerprint density at radius 2 is 2.12 bits per heavy atom. The highest BCUT2D eigenvalue weighted by molar-refractivity contribution is 9.10. The molecular formula is C17H21BrClN3OSi. The zero-order chi connectivity index (χ0) is 17.3. The van der Waals surface area contributed by atoms with Crippen molar-refractivity contribution >= 4 is 41.2 Å². The van der Waals surface area contributed by atoms with Gasteiger partial charge < -0.3 is 4.74 Å². The van der Waals surface area contributed by atoms with Gasteiger partial charge in [-0.15, -0.1) is 0 Å². The predicted molar refractivity (Wildman–Crippen MR) is 104 cm³/mol. The van der Waals surface area contributed by atoms with E-state index in [0.29, 0.717) is 11.9 Å². The summed E-state index contributed by atoms with van der Waals surface area (Å²) in [6.07, 6.45) is 6.92. The monoisotopic (exact) mass is 425 g/mol. The van der Waals surface area contributed by atoms with Crippen LogP contribution in [0, 0.1) is 0 Å². The minimum absolute atomic E-state index is 0.435. The van der Waals surface area contributed by atoms with E-state index in [4.69, 9.17) is 16.3 Å². The van der Waals surface area contributed by atoms with Gasteiger partial charge in [0.2, 0.25) is 0 Å². The first-order valence-corrected chi connectivity index (χ1v) is 12.9. The standard InChI is InChI=1S/C17H21BrClN3OSi/c1-24(2,3)7-6-23-11-22-10-15(17(19)21-22)13-5-4-12-9-20-16(18)8-14(12)13/h5,8-10H,4,6-7,11H2,1-3H3. The fourth-order valence-electron chi connectivity index (χ4n) is 2.63. The topological polar surface area (TPSA) is 39.9 Å². The number of hydrogen-bond acceptors (Lipinski definition) is 3. The summed E-state index contributed by atoms with van der Waals surface area (Å²) in [5.74, 6) is 0. The van der Waals surface area contributed by atoms with Crippen LogP contribution in [0.25, 0.3) is 5.57 Å². The van der Waals surface area contributed by atoms with E-state index in [9.17, 15) is 0 Å². The maximum absolute atomic E-state index is 6.37. The second kappa shape index (κ2) is 7.12. The molecule has 128 valence electrons. The lowest BCUT2D eigenvalue weighted by molar-refractivity contribution is 0.0786. The third-order valence-electron chi connectivity index (χ3n) is 4.00. The van der Waals surface area contributed by atoms with E-state index in [2.05, 4.69) is 51.7 Å². The minimum atomic E-state index is -1.07. The van der Waals surface area contributed by atoms with Crippen LogP contribution in [0.3, 0.4) is 0 Å². The molecule has 0 spiro atoms. The second-order valence-electron chi connectivity index (χ2n) is 7.21. The Balaban J connectivity index is 1.71. The van der Waals surface area contributed by atoms with Crippen LogP contribution in [0.1, 0.15) is 16.7 Å². The molecule has 0 radical (unpaired) electrons. The van der Waals surface area contributed by atoms with Gasteiger partial charge in [0.15, 0.2) is 5.15 Å². The molecule has 4 nitrogen and oxygen atoms in total. The normalized spacial score (nSPS) is 14.0. The van der Waals surface area contributed by atoms with Gasteiger partial charge in [-0.2, -0.15) is 5.10 Å². The smallest absolute Gasteiger partial charge is 0.158 e. The van der Waals surface area contributed by atoms with Crippen molar-refractivity contribution in [1.82, 2.24) is 14.8 Å². The second-order valence-corrected chi connectivity index (χ2v) is 14.0. The summed E-state index contributed by atoms with van der Waals surface area (Å²) in [7, 11) is -1.07. The highest BCUT2D eigenvalue weighted by Crippen LogP contribution is 2.36. The Morgan fingerprint density at radius 3 is 2.88 bits per heavy atom. The summed E-state index contributed by atoms with van der Waals surface area (Å²) in [5.41, 5.74) is 4.44. The molecule has 3 rings (SSSR count). The molecule has 2 aromatic heterocycles. The molecule has 0 amide bonds. The van der Waals surface area contributed by atoms with Crippen LogP contribution < -0.4 is 0 Å². The first-order valence-electron chi connectivity index (χ1n) is 7.99. The van der Waals surface area contributed by atoms with Crippen molar-refractivity contribution in [3.05, 3.63) is 51.0 Å². The van der Waals surface area contributed by atoms with Gasteiger partial charge in [-0.25, -0.2) is 9.67 Å². The summed E-state index contributed by atoms with van der Waals surface area (Å²) in [4.78, 5) is 4.29. The zero-order valence-corrected chi connectivity index (χ0v) is 17.5. The molecular weight excluding hydrogens is 406 g/mol. The maximum atomic E-state index is 6.37. The zero-order valence-electron chi connectivity index (χ0n) is 14.1. The summed E-state index contributed by atoms with van der Waals surface area (Å²) in [6, 6.07) is 3.18. The number of hydrogen-bond donors (Lipinski definition) is 0. The lowest BCUT2D eigenvalue weighted by Crippen LogP contribution is -2.22. The molecule has 0 atom stereocenters. The lowest BCUT2D eigenvalue weighted by atomic mass is 10.0. The van der Waals surface area contributed by atoms with E-state index in [1.165, 1.54) is 5.56 Å². The number of rotatable bonds is 6. The van der Waals surface area contributed by atoms with Crippen LogP contribution in [0.15, 0.2) is 29.1 Å². The fraction of sp³-hybridized carbons (Fsp3) is 0.412. The van der Waals surface area contributed by atoms with Crippen molar-refractivity contribution in [2.24, 2.45) is 0 Å². The van der Waals surface area contributed by atoms with E-state index >= 15 is 0 Å². The highest BCUT2D eigenvalue weighted by atomic mass is 79.9. The largest absolute Gasteiger partial charge is 0.360 e. The van der Waals surface area contributed by atoms with Gasteiger partial charge in [0.1, 0.15) is 11.3 Å². The van der Waals surface area contributed by atoms with Crippen molar-refractivity contribution < 1.29 is 4.74 Å². The average molecular weight is 427 g/mol. The van der Waals surface area contributed by atoms with E-state index < -0.39 is 8.07 Å². The molecule has 1 aliphatic carbocycles. The van der Waals surface area contributed by atoms with Crippen molar-refractivity contribution in [3.8, 4) is 0 Å². The molecule has 7 heteroatoms. The summed E-state index contributed by atoms with van der Waals surface area (Å²) in [5, 5.41) is 4.89. The van der Waals surface area contributed by atoms with Crippen LogP contribution in [0.4, 0.5) is 0 Å². The van der Waals surface area contributed by atoms with Gasteiger partial charge in [0, 0.05) is 32.6 Å². The van der Waals surface area contributed by atoms with Crippen LogP contribution >= 0.6 is 27.5 Å². The molecule has 0 saturated carbocycles. The van der Waals surface area contributed by atoms with Gasteiger partial charge >= 0.3 is 0 Å². The summed E-state index contributed by atoms with van der Waals surface area (Å²) < 4.78 is 8.36. The molecule has 1 aliphatic rings. The maximum Gasteiger partial charge on any atom is 0.158 e. The third-order valence-corrected chi connectivity index (χ3v) is 6.41. The molecule has 0 bridgehead atoms. The number of pyridine rings is 1. The summed E-state index contributed by atoms with van der Waals surface area (Å²) in [6.45, 7) is 8.24. The van der Waals surface area contributed by atoms with Crippen molar-refractivity contribution in [3.63, 3.8) is 0 Å². The molecule has 2 aromatic rings. The Morgan fingerprint density at radius 1 is 1.33 bits per heavy atom. The van der Waals surface area contributed by atoms with E-state index in [1.807, 2.05) is 18.5 Å². The van der Waals surface area contributed by atoms with Crippen molar-refractivity contribution in [2.45, 2.75) is 38.8 Å². The molecule has 0 unspecified atom stereocenters. The number of allylic oxidation sites excluding steroid dienone is 1. The SMILES string of the molecule is C[Si](C)(C)CCOCn1cc(C2=CCc3cnc(Br)cc32)c(Cl)n1. The Labute approximate surface area is 157 Å². The molecule has 0 N–H and O–H groups in total. The predicted octanol–water partition coefficient (Wildman–Crippen LogP) is 4.99. The third kappa shape index (κ3) is 4.17. The lowest BCUT2D eigenvalue weighted by Gasteiger charge is -2.15. The highest BCUT2D eigenvalue weighted by Gasteiger charge is 2.21. The van der Waals surface area contributed by atoms with Gasteiger partial charge in [-0.3, -0.25) is 0 Å². The summed E-state index contributed by atoms with van der Waals surface area (Å²) >= 11 is 9.81.